The molecule has 124 valence electrons. The van der Waals surface area contributed by atoms with Gasteiger partial charge in [-0.05, 0) is 44.0 Å². The molecule has 1 unspecified atom stereocenters. The zero-order valence-corrected chi connectivity index (χ0v) is 14.6. The van der Waals surface area contributed by atoms with Gasteiger partial charge in [0, 0.05) is 36.9 Å². The molecule has 1 aromatic rings. The molecule has 0 radical (unpaired) electrons. The number of amides is 1. The van der Waals surface area contributed by atoms with Gasteiger partial charge in [-0.25, -0.2) is 0 Å². The molecule has 0 aromatic heterocycles. The molecule has 2 aliphatic rings. The van der Waals surface area contributed by atoms with Crippen molar-refractivity contribution < 1.29 is 4.79 Å². The second-order valence-electron chi connectivity index (χ2n) is 6.01. The third kappa shape index (κ3) is 3.86. The average molecular weight is 346 g/mol. The average Bonchev–Trinajstić information content (AvgIpc) is 2.48. The van der Waals surface area contributed by atoms with Crippen LogP contribution in [-0.4, -0.2) is 47.9 Å². The van der Waals surface area contributed by atoms with E-state index in [-0.39, 0.29) is 30.7 Å². The number of nitrogens with two attached hydrogens (primary N) is 1. The first-order valence-corrected chi connectivity index (χ1v) is 7.54. The van der Waals surface area contributed by atoms with E-state index in [1.807, 2.05) is 30.0 Å². The zero-order valence-electron chi connectivity index (χ0n) is 13.0. The van der Waals surface area contributed by atoms with Crippen molar-refractivity contribution >= 4 is 36.4 Å². The van der Waals surface area contributed by atoms with Crippen LogP contribution in [0.1, 0.15) is 35.2 Å². The molecule has 0 aliphatic carbocycles. The van der Waals surface area contributed by atoms with E-state index in [1.54, 1.807) is 0 Å². The minimum atomic E-state index is 0. The number of piperazine rings is 1. The number of aryl methyl sites for hydroxylation is 1. The van der Waals surface area contributed by atoms with E-state index in [4.69, 9.17) is 5.73 Å². The highest BCUT2D eigenvalue weighted by molar-refractivity contribution is 5.96. The van der Waals surface area contributed by atoms with Gasteiger partial charge < -0.3 is 10.6 Å². The van der Waals surface area contributed by atoms with Crippen LogP contribution in [0.15, 0.2) is 18.2 Å². The van der Waals surface area contributed by atoms with Crippen LogP contribution in [-0.2, 0) is 0 Å². The summed E-state index contributed by atoms with van der Waals surface area (Å²) in [6, 6.07) is 6.15. The minimum absolute atomic E-state index is 0. The second-order valence-corrected chi connectivity index (χ2v) is 6.01. The molecule has 2 fully saturated rings. The monoisotopic (exact) mass is 345 g/mol. The molecule has 1 aromatic carbocycles. The lowest BCUT2D eigenvalue weighted by Gasteiger charge is -2.44. The molecule has 1 atom stereocenters. The van der Waals surface area contributed by atoms with Gasteiger partial charge in [-0.2, -0.15) is 0 Å². The van der Waals surface area contributed by atoms with Crippen molar-refractivity contribution in [3.8, 4) is 0 Å². The first-order chi connectivity index (χ1) is 9.65. The van der Waals surface area contributed by atoms with Crippen molar-refractivity contribution in [2.75, 3.05) is 31.9 Å². The van der Waals surface area contributed by atoms with Gasteiger partial charge in [-0.3, -0.25) is 9.69 Å². The molecule has 22 heavy (non-hydrogen) atoms. The summed E-state index contributed by atoms with van der Waals surface area (Å²) >= 11 is 0. The van der Waals surface area contributed by atoms with E-state index in [2.05, 4.69) is 4.90 Å². The normalized spacial score (nSPS) is 21.3. The van der Waals surface area contributed by atoms with E-state index < -0.39 is 0 Å². The van der Waals surface area contributed by atoms with E-state index in [0.717, 1.165) is 30.8 Å². The van der Waals surface area contributed by atoms with Crippen LogP contribution in [0.5, 0.6) is 0 Å². The van der Waals surface area contributed by atoms with Crippen LogP contribution in [0.25, 0.3) is 0 Å². The van der Waals surface area contributed by atoms with Crippen LogP contribution in [0.3, 0.4) is 0 Å². The lowest BCUT2D eigenvalue weighted by Crippen LogP contribution is -2.56. The Morgan fingerprint density at radius 1 is 1.18 bits per heavy atom. The van der Waals surface area contributed by atoms with Gasteiger partial charge >= 0.3 is 0 Å². The Labute approximate surface area is 144 Å². The summed E-state index contributed by atoms with van der Waals surface area (Å²) in [5, 5.41) is 0. The number of rotatable bonds is 1. The maximum absolute atomic E-state index is 12.7. The highest BCUT2D eigenvalue weighted by Gasteiger charge is 2.31. The fraction of sp³-hybridized carbons (Fsp3) is 0.562. The number of halogens is 2. The van der Waals surface area contributed by atoms with Gasteiger partial charge in [0.15, 0.2) is 0 Å². The molecular weight excluding hydrogens is 321 g/mol. The number of carbonyl (C=O) groups is 1. The van der Waals surface area contributed by atoms with E-state index in [1.165, 1.54) is 25.8 Å². The van der Waals surface area contributed by atoms with Crippen molar-refractivity contribution in [3.63, 3.8) is 0 Å². The van der Waals surface area contributed by atoms with Crippen LogP contribution in [0.4, 0.5) is 5.69 Å². The highest BCUT2D eigenvalue weighted by Crippen LogP contribution is 2.23. The fourth-order valence-corrected chi connectivity index (χ4v) is 3.38. The third-order valence-electron chi connectivity index (χ3n) is 4.62. The summed E-state index contributed by atoms with van der Waals surface area (Å²) in [6.07, 6.45) is 3.82. The van der Waals surface area contributed by atoms with Crippen LogP contribution >= 0.6 is 24.8 Å². The van der Waals surface area contributed by atoms with Gasteiger partial charge in [-0.1, -0.05) is 12.5 Å². The van der Waals surface area contributed by atoms with Gasteiger partial charge in [-0.15, -0.1) is 24.8 Å². The fourth-order valence-electron chi connectivity index (χ4n) is 3.38. The quantitative estimate of drug-likeness (QED) is 0.796. The molecule has 0 spiro atoms. The summed E-state index contributed by atoms with van der Waals surface area (Å²) in [4.78, 5) is 17.2. The number of carbonyl (C=O) groups excluding carboxylic acids is 1. The smallest absolute Gasteiger partial charge is 0.254 e. The Hall–Kier alpha value is -0.970. The van der Waals surface area contributed by atoms with Crippen molar-refractivity contribution in [2.24, 2.45) is 0 Å². The predicted octanol–water partition coefficient (Wildman–Crippen LogP) is 2.73. The number of piperidine rings is 1. The topological polar surface area (TPSA) is 49.6 Å². The number of hydrogen-bond donors (Lipinski definition) is 1. The lowest BCUT2D eigenvalue weighted by atomic mass is 9.98. The molecule has 2 heterocycles. The molecular formula is C16H25Cl2N3O. The molecule has 2 saturated heterocycles. The third-order valence-corrected chi connectivity index (χ3v) is 4.62. The number of hydrogen-bond acceptors (Lipinski definition) is 3. The summed E-state index contributed by atoms with van der Waals surface area (Å²) in [6.45, 7) is 5.89. The molecule has 4 nitrogen and oxygen atoms in total. The first kappa shape index (κ1) is 19.1. The van der Waals surface area contributed by atoms with Crippen LogP contribution < -0.4 is 5.73 Å². The molecule has 0 saturated carbocycles. The summed E-state index contributed by atoms with van der Waals surface area (Å²) in [7, 11) is 0. The molecule has 6 heteroatoms. The van der Waals surface area contributed by atoms with Crippen molar-refractivity contribution in [1.29, 1.82) is 0 Å². The number of fused-ring (bicyclic) bond motifs is 1. The Kier molecular flexibility index (Phi) is 6.98. The lowest BCUT2D eigenvalue weighted by molar-refractivity contribution is 0.0372. The van der Waals surface area contributed by atoms with E-state index in [9.17, 15) is 4.79 Å². The largest absolute Gasteiger partial charge is 0.399 e. The SMILES string of the molecule is Cc1ccc(N)cc1C(=O)N1CCN2CCCCC2C1.Cl.Cl. The number of benzene rings is 1. The van der Waals surface area contributed by atoms with Gasteiger partial charge in [0.25, 0.3) is 5.91 Å². The van der Waals surface area contributed by atoms with Crippen molar-refractivity contribution in [1.82, 2.24) is 9.80 Å². The standard InChI is InChI=1S/C16H23N3O.2ClH/c1-12-5-6-13(17)10-15(12)16(20)19-9-8-18-7-3-2-4-14(18)11-19;;/h5-6,10,14H,2-4,7-9,11,17H2,1H3;2*1H. The summed E-state index contributed by atoms with van der Waals surface area (Å²) < 4.78 is 0. The van der Waals surface area contributed by atoms with Crippen LogP contribution in [0.2, 0.25) is 0 Å². The predicted molar refractivity (Wildman–Crippen MR) is 95.2 cm³/mol. The van der Waals surface area contributed by atoms with Crippen molar-refractivity contribution in [2.45, 2.75) is 32.2 Å². The number of nitrogen functional groups attached to an aromatic ring is 1. The Morgan fingerprint density at radius 3 is 2.73 bits per heavy atom. The molecule has 0 bridgehead atoms. The maximum Gasteiger partial charge on any atom is 0.254 e. The van der Waals surface area contributed by atoms with Gasteiger partial charge in [0.1, 0.15) is 0 Å². The highest BCUT2D eigenvalue weighted by atomic mass is 35.5. The first-order valence-electron chi connectivity index (χ1n) is 7.54. The van der Waals surface area contributed by atoms with E-state index in [0.29, 0.717) is 11.7 Å². The number of anilines is 1. The maximum atomic E-state index is 12.7. The molecule has 3 rings (SSSR count). The van der Waals surface area contributed by atoms with Crippen LogP contribution in [0, 0.1) is 6.92 Å². The number of nitrogens with zero attached hydrogens (tertiary/aromatic N) is 2. The molecule has 2 aliphatic heterocycles. The molecule has 1 amide bonds. The van der Waals surface area contributed by atoms with Crippen molar-refractivity contribution in [3.05, 3.63) is 29.3 Å². The van der Waals surface area contributed by atoms with Gasteiger partial charge in [0.2, 0.25) is 0 Å². The Balaban J connectivity index is 0.00000121. The second kappa shape index (κ2) is 8.04. The minimum Gasteiger partial charge on any atom is -0.399 e. The van der Waals surface area contributed by atoms with E-state index >= 15 is 0 Å². The summed E-state index contributed by atoms with van der Waals surface area (Å²) in [5.74, 6) is 0.139. The zero-order chi connectivity index (χ0) is 14.1. The summed E-state index contributed by atoms with van der Waals surface area (Å²) in [5.41, 5.74) is 8.25. The van der Waals surface area contributed by atoms with Gasteiger partial charge in [0.05, 0.1) is 0 Å². The Morgan fingerprint density at radius 2 is 1.95 bits per heavy atom. The Bertz CT molecular complexity index is 524. The molecule has 2 N–H and O–H groups in total.